The molecule has 138 valence electrons. The van der Waals surface area contributed by atoms with Crippen LogP contribution in [-0.4, -0.2) is 25.2 Å². The highest BCUT2D eigenvalue weighted by Crippen LogP contribution is 2.21. The first-order valence-corrected chi connectivity index (χ1v) is 9.38. The summed E-state index contributed by atoms with van der Waals surface area (Å²) in [6, 6.07) is 21.8. The minimum Gasteiger partial charge on any atom is -0.489 e. The van der Waals surface area contributed by atoms with Crippen LogP contribution in [0.5, 0.6) is 5.75 Å². The monoisotopic (exact) mass is 361 g/mol. The molecule has 0 spiro atoms. The molecule has 4 rings (SSSR count). The smallest absolute Gasteiger partial charge is 0.251 e. The van der Waals surface area contributed by atoms with Gasteiger partial charge in [-0.25, -0.2) is 0 Å². The second kappa shape index (κ2) is 8.23. The zero-order valence-electron chi connectivity index (χ0n) is 15.2. The molecule has 0 radical (unpaired) electrons. The van der Waals surface area contributed by atoms with Crippen molar-refractivity contribution < 1.29 is 14.3 Å². The molecule has 1 atom stereocenters. The predicted molar refractivity (Wildman–Crippen MR) is 106 cm³/mol. The Morgan fingerprint density at radius 3 is 2.63 bits per heavy atom. The summed E-state index contributed by atoms with van der Waals surface area (Å²) < 4.78 is 11.4. The van der Waals surface area contributed by atoms with E-state index in [1.54, 1.807) is 0 Å². The Morgan fingerprint density at radius 1 is 1.04 bits per heavy atom. The Morgan fingerprint density at radius 2 is 1.85 bits per heavy atom. The first-order chi connectivity index (χ1) is 13.3. The van der Waals surface area contributed by atoms with Crippen LogP contribution in [0.3, 0.4) is 0 Å². The molecule has 1 aliphatic rings. The maximum atomic E-state index is 12.2. The van der Waals surface area contributed by atoms with Crippen molar-refractivity contribution in [1.82, 2.24) is 5.32 Å². The number of nitrogens with one attached hydrogen (secondary N) is 1. The Labute approximate surface area is 159 Å². The van der Waals surface area contributed by atoms with E-state index in [1.807, 2.05) is 48.5 Å². The first kappa shape index (κ1) is 17.6. The number of hydrogen-bond donors (Lipinski definition) is 1. The molecule has 4 nitrogen and oxygen atoms in total. The average molecular weight is 361 g/mol. The van der Waals surface area contributed by atoms with Gasteiger partial charge >= 0.3 is 0 Å². The molecule has 0 unspecified atom stereocenters. The van der Waals surface area contributed by atoms with Crippen molar-refractivity contribution in [3.63, 3.8) is 0 Å². The topological polar surface area (TPSA) is 47.6 Å². The van der Waals surface area contributed by atoms with Crippen molar-refractivity contribution >= 4 is 16.7 Å². The van der Waals surface area contributed by atoms with Crippen LogP contribution in [-0.2, 0) is 11.3 Å². The van der Waals surface area contributed by atoms with Gasteiger partial charge in [-0.15, -0.1) is 0 Å². The lowest BCUT2D eigenvalue weighted by molar-refractivity contribution is 0.0857. The molecule has 1 N–H and O–H groups in total. The summed E-state index contributed by atoms with van der Waals surface area (Å²) in [5.41, 5.74) is 1.68. The summed E-state index contributed by atoms with van der Waals surface area (Å²) in [6.07, 6.45) is 2.25. The largest absolute Gasteiger partial charge is 0.489 e. The van der Waals surface area contributed by atoms with Crippen molar-refractivity contribution in [2.24, 2.45) is 0 Å². The minimum atomic E-state index is -0.0625. The molecule has 1 fully saturated rings. The van der Waals surface area contributed by atoms with Gasteiger partial charge in [0.15, 0.2) is 0 Å². The van der Waals surface area contributed by atoms with Gasteiger partial charge in [0.2, 0.25) is 0 Å². The van der Waals surface area contributed by atoms with Gasteiger partial charge in [0, 0.05) is 18.7 Å². The van der Waals surface area contributed by atoms with Crippen molar-refractivity contribution in [2.45, 2.75) is 25.6 Å². The van der Waals surface area contributed by atoms with Gasteiger partial charge in [0.1, 0.15) is 12.4 Å². The summed E-state index contributed by atoms with van der Waals surface area (Å²) >= 11 is 0. The van der Waals surface area contributed by atoms with Crippen LogP contribution in [0, 0.1) is 0 Å². The Balaban J connectivity index is 1.32. The molecule has 3 aromatic carbocycles. The van der Waals surface area contributed by atoms with Gasteiger partial charge in [-0.1, -0.05) is 42.5 Å². The fourth-order valence-corrected chi connectivity index (χ4v) is 3.29. The van der Waals surface area contributed by atoms with Crippen LogP contribution in [0.2, 0.25) is 0 Å². The third kappa shape index (κ3) is 4.47. The fourth-order valence-electron chi connectivity index (χ4n) is 3.29. The molecular formula is C23H23NO3. The molecule has 3 aromatic rings. The highest BCUT2D eigenvalue weighted by molar-refractivity contribution is 5.94. The van der Waals surface area contributed by atoms with E-state index in [0.717, 1.165) is 36.1 Å². The highest BCUT2D eigenvalue weighted by atomic mass is 16.5. The van der Waals surface area contributed by atoms with Gasteiger partial charge in [0.05, 0.1) is 6.10 Å². The third-order valence-electron chi connectivity index (χ3n) is 4.86. The van der Waals surface area contributed by atoms with Crippen LogP contribution in [0.15, 0.2) is 66.7 Å². The number of amides is 1. The van der Waals surface area contributed by atoms with E-state index in [2.05, 4.69) is 23.5 Å². The summed E-state index contributed by atoms with van der Waals surface area (Å²) in [5, 5.41) is 5.30. The zero-order valence-corrected chi connectivity index (χ0v) is 15.2. The van der Waals surface area contributed by atoms with Crippen molar-refractivity contribution in [2.75, 3.05) is 13.2 Å². The number of benzene rings is 3. The van der Waals surface area contributed by atoms with Gasteiger partial charge in [0.25, 0.3) is 5.91 Å². The van der Waals surface area contributed by atoms with Crippen LogP contribution >= 0.6 is 0 Å². The maximum Gasteiger partial charge on any atom is 0.251 e. The number of ether oxygens (including phenoxy) is 2. The normalized spacial score (nSPS) is 16.4. The predicted octanol–water partition coefficient (Wildman–Crippen LogP) is 4.33. The lowest BCUT2D eigenvalue weighted by atomic mass is 10.1. The lowest BCUT2D eigenvalue weighted by Gasteiger charge is -2.11. The number of carbonyl (C=O) groups is 1. The molecule has 1 saturated heterocycles. The summed E-state index contributed by atoms with van der Waals surface area (Å²) in [6.45, 7) is 1.84. The fraction of sp³-hybridized carbons (Fsp3) is 0.261. The number of carbonyl (C=O) groups excluding carboxylic acids is 1. The minimum absolute atomic E-state index is 0.0625. The number of hydrogen-bond acceptors (Lipinski definition) is 3. The Kier molecular flexibility index (Phi) is 5.35. The van der Waals surface area contributed by atoms with Crippen LogP contribution in [0.25, 0.3) is 10.8 Å². The first-order valence-electron chi connectivity index (χ1n) is 9.38. The van der Waals surface area contributed by atoms with Gasteiger partial charge < -0.3 is 14.8 Å². The summed E-state index contributed by atoms with van der Waals surface area (Å²) in [5.74, 6) is 0.777. The van der Waals surface area contributed by atoms with Gasteiger partial charge in [-0.05, 0) is 53.4 Å². The van der Waals surface area contributed by atoms with Crippen LogP contribution in [0.1, 0.15) is 28.8 Å². The average Bonchev–Trinajstić information content (AvgIpc) is 3.24. The molecule has 1 amide bonds. The van der Waals surface area contributed by atoms with Gasteiger partial charge in [-0.3, -0.25) is 4.79 Å². The van der Waals surface area contributed by atoms with Crippen LogP contribution in [0.4, 0.5) is 0 Å². The van der Waals surface area contributed by atoms with Crippen molar-refractivity contribution in [1.29, 1.82) is 0 Å². The molecule has 0 bridgehead atoms. The second-order valence-corrected chi connectivity index (χ2v) is 6.84. The van der Waals surface area contributed by atoms with E-state index in [0.29, 0.717) is 18.7 Å². The van der Waals surface area contributed by atoms with E-state index in [4.69, 9.17) is 9.47 Å². The molecule has 0 aromatic heterocycles. The highest BCUT2D eigenvalue weighted by Gasteiger charge is 2.16. The number of fused-ring (bicyclic) bond motifs is 1. The maximum absolute atomic E-state index is 12.2. The second-order valence-electron chi connectivity index (χ2n) is 6.84. The molecule has 27 heavy (non-hydrogen) atoms. The van der Waals surface area contributed by atoms with Crippen molar-refractivity contribution in [3.8, 4) is 5.75 Å². The quantitative estimate of drug-likeness (QED) is 0.711. The van der Waals surface area contributed by atoms with E-state index >= 15 is 0 Å². The van der Waals surface area contributed by atoms with E-state index in [-0.39, 0.29) is 12.0 Å². The van der Waals surface area contributed by atoms with Crippen LogP contribution < -0.4 is 10.1 Å². The molecular weight excluding hydrogens is 338 g/mol. The summed E-state index contributed by atoms with van der Waals surface area (Å²) in [7, 11) is 0. The Bertz CT molecular complexity index is 914. The number of rotatable bonds is 6. The molecule has 1 aliphatic heterocycles. The Hall–Kier alpha value is -2.85. The summed E-state index contributed by atoms with van der Waals surface area (Å²) in [4.78, 5) is 12.2. The SMILES string of the molecule is O=C(NC[C@H]1CCCO1)c1ccc(COc2ccc3ccccc3c2)cc1. The van der Waals surface area contributed by atoms with E-state index in [9.17, 15) is 4.79 Å². The van der Waals surface area contributed by atoms with Gasteiger partial charge in [-0.2, -0.15) is 0 Å². The molecule has 0 aliphatic carbocycles. The molecule has 0 saturated carbocycles. The molecule has 4 heteroatoms. The lowest BCUT2D eigenvalue weighted by Crippen LogP contribution is -2.31. The van der Waals surface area contributed by atoms with E-state index < -0.39 is 0 Å². The van der Waals surface area contributed by atoms with E-state index in [1.165, 1.54) is 5.39 Å². The zero-order chi connectivity index (χ0) is 18.5. The van der Waals surface area contributed by atoms with Crippen molar-refractivity contribution in [3.05, 3.63) is 77.9 Å². The molecule has 1 heterocycles. The standard InChI is InChI=1S/C23H23NO3/c25-23(24-15-22-6-3-13-26-22)19-9-7-17(8-10-19)16-27-21-12-11-18-4-1-2-5-20(18)14-21/h1-2,4-5,7-12,14,22H,3,6,13,15-16H2,(H,24,25)/t22-/m1/s1. The third-order valence-corrected chi connectivity index (χ3v) is 4.86.